The third-order valence-electron chi connectivity index (χ3n) is 3.11. The second-order valence-electron chi connectivity index (χ2n) is 3.99. The van der Waals surface area contributed by atoms with E-state index in [0.717, 1.165) is 5.56 Å². The van der Waals surface area contributed by atoms with Gasteiger partial charge >= 0.3 is 0 Å². The Balaban J connectivity index is 2.89. The van der Waals surface area contributed by atoms with Crippen LogP contribution < -0.4 is 0 Å². The van der Waals surface area contributed by atoms with Crippen molar-refractivity contribution < 1.29 is 0 Å². The molecule has 0 aliphatic carbocycles. The molecule has 0 bridgehead atoms. The molecule has 0 N–H and O–H groups in total. The van der Waals surface area contributed by atoms with Crippen molar-refractivity contribution in [2.75, 3.05) is 0 Å². The van der Waals surface area contributed by atoms with Crippen molar-refractivity contribution in [1.29, 1.82) is 5.26 Å². The maximum Gasteiger partial charge on any atom is 0.0991 e. The topological polar surface area (TPSA) is 23.8 Å². The number of nitrogens with zero attached hydrogens (tertiary/aromatic N) is 1. The van der Waals surface area contributed by atoms with Crippen molar-refractivity contribution in [3.63, 3.8) is 0 Å². The molecule has 0 radical (unpaired) electrons. The molecular weight excluding hydrogens is 182 g/mol. The van der Waals surface area contributed by atoms with Gasteiger partial charge in [-0.1, -0.05) is 12.1 Å². The maximum atomic E-state index is 8.86. The van der Waals surface area contributed by atoms with Crippen LogP contribution in [0.15, 0.2) is 24.3 Å². The lowest BCUT2D eigenvalue weighted by atomic mass is 9.95. The van der Waals surface area contributed by atoms with E-state index in [0.29, 0.717) is 0 Å². The molecule has 1 heteroatoms. The number of aryl methyl sites for hydroxylation is 2. The molecule has 0 aromatic heterocycles. The summed E-state index contributed by atoms with van der Waals surface area (Å²) in [6, 6.07) is 10.2. The van der Waals surface area contributed by atoms with Crippen molar-refractivity contribution in [1.82, 2.24) is 0 Å². The summed E-state index contributed by atoms with van der Waals surface area (Å²) in [7, 11) is 0. The van der Waals surface area contributed by atoms with Crippen LogP contribution in [0.4, 0.5) is 0 Å². The predicted octanol–water partition coefficient (Wildman–Crippen LogP) is 3.64. The zero-order chi connectivity index (χ0) is 11.0. The number of benzene rings is 2. The van der Waals surface area contributed by atoms with E-state index in [-0.39, 0.29) is 0 Å². The van der Waals surface area contributed by atoms with Crippen LogP contribution in [0, 0.1) is 32.1 Å². The fourth-order valence-electron chi connectivity index (χ4n) is 1.92. The van der Waals surface area contributed by atoms with Gasteiger partial charge in [-0.2, -0.15) is 5.26 Å². The van der Waals surface area contributed by atoms with Gasteiger partial charge in [0.05, 0.1) is 11.6 Å². The van der Waals surface area contributed by atoms with Gasteiger partial charge in [0, 0.05) is 0 Å². The quantitative estimate of drug-likeness (QED) is 0.629. The fourth-order valence-corrected chi connectivity index (χ4v) is 1.92. The fraction of sp³-hybridized carbons (Fsp3) is 0.214. The molecule has 0 aliphatic heterocycles. The van der Waals surface area contributed by atoms with Crippen LogP contribution in [-0.2, 0) is 0 Å². The standard InChI is InChI=1S/C14H13N/c1-9-6-13-5-4-12(8-15)7-14(13)11(3)10(9)2/h4-7H,1-3H3. The van der Waals surface area contributed by atoms with Crippen molar-refractivity contribution in [3.8, 4) is 6.07 Å². The average Bonchev–Trinajstić information content (AvgIpc) is 2.26. The molecule has 2 rings (SSSR count). The molecule has 2 aromatic carbocycles. The van der Waals surface area contributed by atoms with Gasteiger partial charge in [-0.15, -0.1) is 0 Å². The molecule has 0 saturated carbocycles. The Kier molecular flexibility index (Phi) is 2.21. The number of hydrogen-bond donors (Lipinski definition) is 0. The molecule has 2 aromatic rings. The zero-order valence-corrected chi connectivity index (χ0v) is 9.26. The third kappa shape index (κ3) is 1.49. The van der Waals surface area contributed by atoms with Crippen molar-refractivity contribution in [3.05, 3.63) is 46.5 Å². The lowest BCUT2D eigenvalue weighted by Crippen LogP contribution is -1.89. The number of rotatable bonds is 0. The first-order valence-corrected chi connectivity index (χ1v) is 5.04. The zero-order valence-electron chi connectivity index (χ0n) is 9.26. The molecule has 0 spiro atoms. The highest BCUT2D eigenvalue weighted by molar-refractivity contribution is 5.88. The molecule has 0 atom stereocenters. The van der Waals surface area contributed by atoms with E-state index in [4.69, 9.17) is 5.26 Å². The lowest BCUT2D eigenvalue weighted by Gasteiger charge is -2.09. The Morgan fingerprint density at radius 1 is 1.00 bits per heavy atom. The highest BCUT2D eigenvalue weighted by Gasteiger charge is 2.04. The number of fused-ring (bicyclic) bond motifs is 1. The summed E-state index contributed by atoms with van der Waals surface area (Å²) < 4.78 is 0. The van der Waals surface area contributed by atoms with Crippen molar-refractivity contribution in [2.45, 2.75) is 20.8 Å². The first-order chi connectivity index (χ1) is 7.13. The summed E-state index contributed by atoms with van der Waals surface area (Å²) in [6.45, 7) is 6.37. The van der Waals surface area contributed by atoms with E-state index >= 15 is 0 Å². The minimum Gasteiger partial charge on any atom is -0.192 e. The van der Waals surface area contributed by atoms with E-state index < -0.39 is 0 Å². The summed E-state index contributed by atoms with van der Waals surface area (Å²) in [4.78, 5) is 0. The Hall–Kier alpha value is -1.81. The number of hydrogen-bond acceptors (Lipinski definition) is 1. The minimum atomic E-state index is 0.730. The summed E-state index contributed by atoms with van der Waals surface area (Å²) in [6.07, 6.45) is 0. The van der Waals surface area contributed by atoms with Crippen LogP contribution in [0.2, 0.25) is 0 Å². The predicted molar refractivity (Wildman–Crippen MR) is 62.9 cm³/mol. The molecule has 0 fully saturated rings. The van der Waals surface area contributed by atoms with E-state index in [1.165, 1.54) is 27.5 Å². The normalized spacial score (nSPS) is 10.3. The summed E-state index contributed by atoms with van der Waals surface area (Å²) >= 11 is 0. The monoisotopic (exact) mass is 195 g/mol. The lowest BCUT2D eigenvalue weighted by molar-refractivity contribution is 1.30. The van der Waals surface area contributed by atoms with Crippen LogP contribution >= 0.6 is 0 Å². The molecule has 0 heterocycles. The largest absolute Gasteiger partial charge is 0.192 e. The highest BCUT2D eigenvalue weighted by atomic mass is 14.2. The van der Waals surface area contributed by atoms with Gasteiger partial charge in [0.2, 0.25) is 0 Å². The molecule has 74 valence electrons. The van der Waals surface area contributed by atoms with Crippen molar-refractivity contribution >= 4 is 10.8 Å². The van der Waals surface area contributed by atoms with Gasteiger partial charge < -0.3 is 0 Å². The first-order valence-electron chi connectivity index (χ1n) is 5.04. The SMILES string of the molecule is Cc1cc2ccc(C#N)cc2c(C)c1C. The highest BCUT2D eigenvalue weighted by Crippen LogP contribution is 2.25. The smallest absolute Gasteiger partial charge is 0.0991 e. The second kappa shape index (κ2) is 3.40. The minimum absolute atomic E-state index is 0.730. The molecule has 15 heavy (non-hydrogen) atoms. The van der Waals surface area contributed by atoms with Gasteiger partial charge in [-0.25, -0.2) is 0 Å². The van der Waals surface area contributed by atoms with Crippen LogP contribution in [0.5, 0.6) is 0 Å². The Bertz CT molecular complexity index is 574. The summed E-state index contributed by atoms with van der Waals surface area (Å²) in [5.41, 5.74) is 4.64. The molecule has 0 amide bonds. The van der Waals surface area contributed by atoms with Gasteiger partial charge in [-0.05, 0) is 60.4 Å². The van der Waals surface area contributed by atoms with Gasteiger partial charge in [0.15, 0.2) is 0 Å². The molecule has 0 aliphatic rings. The van der Waals surface area contributed by atoms with Crippen LogP contribution in [0.3, 0.4) is 0 Å². The van der Waals surface area contributed by atoms with Gasteiger partial charge in [0.1, 0.15) is 0 Å². The summed E-state index contributed by atoms with van der Waals surface area (Å²) in [5, 5.41) is 11.3. The molecule has 0 saturated heterocycles. The van der Waals surface area contributed by atoms with Crippen LogP contribution in [0.1, 0.15) is 22.3 Å². The summed E-state index contributed by atoms with van der Waals surface area (Å²) in [5.74, 6) is 0. The van der Waals surface area contributed by atoms with Crippen LogP contribution in [-0.4, -0.2) is 0 Å². The first kappa shape index (κ1) is 9.73. The molecule has 0 unspecified atom stereocenters. The Labute approximate surface area is 90.0 Å². The Morgan fingerprint density at radius 2 is 1.73 bits per heavy atom. The second-order valence-corrected chi connectivity index (χ2v) is 3.99. The van der Waals surface area contributed by atoms with E-state index in [1.54, 1.807) is 0 Å². The molecular formula is C14H13N. The third-order valence-corrected chi connectivity index (χ3v) is 3.11. The van der Waals surface area contributed by atoms with Crippen LogP contribution in [0.25, 0.3) is 10.8 Å². The van der Waals surface area contributed by atoms with Gasteiger partial charge in [0.25, 0.3) is 0 Å². The van der Waals surface area contributed by atoms with E-state index in [9.17, 15) is 0 Å². The van der Waals surface area contributed by atoms with E-state index in [2.05, 4.69) is 32.9 Å². The average molecular weight is 195 g/mol. The maximum absolute atomic E-state index is 8.86. The van der Waals surface area contributed by atoms with Crippen molar-refractivity contribution in [2.24, 2.45) is 0 Å². The number of nitriles is 1. The molecule has 1 nitrogen and oxygen atoms in total. The Morgan fingerprint density at radius 3 is 2.40 bits per heavy atom. The van der Waals surface area contributed by atoms with E-state index in [1.807, 2.05) is 18.2 Å². The van der Waals surface area contributed by atoms with Gasteiger partial charge in [-0.3, -0.25) is 0 Å².